The van der Waals surface area contributed by atoms with E-state index in [0.717, 1.165) is 0 Å². The zero-order chi connectivity index (χ0) is 10.1. The predicted molar refractivity (Wildman–Crippen MR) is 63.0 cm³/mol. The summed E-state index contributed by atoms with van der Waals surface area (Å²) in [5.74, 6) is 0.298. The second-order valence-corrected chi connectivity index (χ2v) is 2.19. The van der Waals surface area contributed by atoms with Gasteiger partial charge in [-0.2, -0.15) is 0 Å². The molecule has 0 unspecified atom stereocenters. The number of hydrogen-bond donors (Lipinski definition) is 4. The number of aliphatic imine (C=N–C) groups is 1. The van der Waals surface area contributed by atoms with Gasteiger partial charge in [0.15, 0.2) is 11.9 Å². The Morgan fingerprint density at radius 2 is 2.07 bits per heavy atom. The van der Waals surface area contributed by atoms with Gasteiger partial charge in [0, 0.05) is 6.54 Å². The number of nitrogens with zero attached hydrogens (tertiary/aromatic N) is 1. The molecule has 0 aromatic carbocycles. The van der Waals surface area contributed by atoms with E-state index in [1.807, 2.05) is 0 Å². The summed E-state index contributed by atoms with van der Waals surface area (Å²) in [4.78, 5) is 4.03. The molecule has 0 aliphatic rings. The Morgan fingerprint density at radius 1 is 1.43 bits per heavy atom. The summed E-state index contributed by atoms with van der Waals surface area (Å²) >= 11 is 0. The van der Waals surface area contributed by atoms with Gasteiger partial charge in [-0.1, -0.05) is 12.2 Å². The first kappa shape index (κ1) is 15.0. The molecule has 14 heavy (non-hydrogen) atoms. The minimum absolute atomic E-state index is 0. The Bertz CT molecular complexity index is 224. The fourth-order valence-corrected chi connectivity index (χ4v) is 0.592. The van der Waals surface area contributed by atoms with Gasteiger partial charge in [0.2, 0.25) is 0 Å². The van der Waals surface area contributed by atoms with Gasteiger partial charge in [0.1, 0.15) is 0 Å². The molecule has 0 rings (SSSR count). The van der Waals surface area contributed by atoms with Crippen LogP contribution in [0, 0.1) is 5.41 Å². The molecule has 0 aromatic rings. The lowest BCUT2D eigenvalue weighted by Gasteiger charge is -2.08. The SMILES string of the molecule is C=CC/N=C(/NCC=C)NC(=N)N.Cl. The van der Waals surface area contributed by atoms with E-state index >= 15 is 0 Å². The molecule has 0 heterocycles. The van der Waals surface area contributed by atoms with Crippen molar-refractivity contribution in [2.24, 2.45) is 10.7 Å². The molecule has 5 nitrogen and oxygen atoms in total. The highest BCUT2D eigenvalue weighted by Gasteiger charge is 1.95. The van der Waals surface area contributed by atoms with Crippen LogP contribution in [0.25, 0.3) is 0 Å². The standard InChI is InChI=1S/C8H15N5.ClH/c1-3-5-11-8(12-6-4-2)13-7(9)10;/h3-4H,1-2,5-6H2,(H5,9,10,11,12,13);1H. The van der Waals surface area contributed by atoms with Crippen molar-refractivity contribution in [3.8, 4) is 0 Å². The van der Waals surface area contributed by atoms with Crippen molar-refractivity contribution < 1.29 is 0 Å². The number of rotatable bonds is 4. The van der Waals surface area contributed by atoms with Gasteiger partial charge in [0.25, 0.3) is 0 Å². The summed E-state index contributed by atoms with van der Waals surface area (Å²) in [7, 11) is 0. The molecule has 80 valence electrons. The van der Waals surface area contributed by atoms with E-state index in [9.17, 15) is 0 Å². The van der Waals surface area contributed by atoms with Gasteiger partial charge >= 0.3 is 0 Å². The minimum Gasteiger partial charge on any atom is -0.370 e. The van der Waals surface area contributed by atoms with Crippen LogP contribution >= 0.6 is 12.4 Å². The first-order valence-corrected chi connectivity index (χ1v) is 3.82. The van der Waals surface area contributed by atoms with E-state index in [-0.39, 0.29) is 18.4 Å². The highest BCUT2D eigenvalue weighted by molar-refractivity contribution is 5.96. The van der Waals surface area contributed by atoms with Crippen LogP contribution in [0.4, 0.5) is 0 Å². The van der Waals surface area contributed by atoms with Crippen LogP contribution in [0.2, 0.25) is 0 Å². The lowest BCUT2D eigenvalue weighted by atomic mass is 10.6. The zero-order valence-corrected chi connectivity index (χ0v) is 8.73. The van der Waals surface area contributed by atoms with Crippen LogP contribution in [-0.4, -0.2) is 25.0 Å². The average Bonchev–Trinajstić information content (AvgIpc) is 2.09. The van der Waals surface area contributed by atoms with E-state index in [0.29, 0.717) is 19.0 Å². The third kappa shape index (κ3) is 8.61. The van der Waals surface area contributed by atoms with Crippen LogP contribution in [-0.2, 0) is 0 Å². The van der Waals surface area contributed by atoms with Crippen LogP contribution in [0.3, 0.4) is 0 Å². The Labute approximate surface area is 90.1 Å². The molecule has 0 aliphatic heterocycles. The minimum atomic E-state index is -0.153. The molecule has 6 heteroatoms. The molecule has 0 aromatic heterocycles. The van der Waals surface area contributed by atoms with Crippen LogP contribution < -0.4 is 16.4 Å². The second kappa shape index (κ2) is 9.60. The van der Waals surface area contributed by atoms with Crippen molar-refractivity contribution in [1.82, 2.24) is 10.6 Å². The van der Waals surface area contributed by atoms with Crippen LogP contribution in [0.5, 0.6) is 0 Å². The van der Waals surface area contributed by atoms with E-state index < -0.39 is 0 Å². The van der Waals surface area contributed by atoms with E-state index in [2.05, 4.69) is 28.8 Å². The molecule has 0 atom stereocenters. The summed E-state index contributed by atoms with van der Waals surface area (Å²) in [5, 5.41) is 12.4. The Balaban J connectivity index is 0. The first-order valence-electron chi connectivity index (χ1n) is 3.82. The molecular weight excluding hydrogens is 202 g/mol. The van der Waals surface area contributed by atoms with Crippen LogP contribution in [0.1, 0.15) is 0 Å². The highest BCUT2D eigenvalue weighted by atomic mass is 35.5. The molecule has 0 spiro atoms. The number of guanidine groups is 2. The molecule has 0 aliphatic carbocycles. The van der Waals surface area contributed by atoms with Gasteiger partial charge in [0.05, 0.1) is 6.54 Å². The molecule has 0 saturated heterocycles. The smallest absolute Gasteiger partial charge is 0.198 e. The summed E-state index contributed by atoms with van der Waals surface area (Å²) in [6, 6.07) is 0. The lowest BCUT2D eigenvalue weighted by Crippen LogP contribution is -2.44. The van der Waals surface area contributed by atoms with Crippen molar-refractivity contribution in [3.05, 3.63) is 25.3 Å². The topological polar surface area (TPSA) is 86.3 Å². The number of nitrogens with two attached hydrogens (primary N) is 1. The Morgan fingerprint density at radius 3 is 2.50 bits per heavy atom. The van der Waals surface area contributed by atoms with Gasteiger partial charge in [-0.05, 0) is 0 Å². The fourth-order valence-electron chi connectivity index (χ4n) is 0.592. The highest BCUT2D eigenvalue weighted by Crippen LogP contribution is 1.73. The predicted octanol–water partition coefficient (Wildman–Crippen LogP) is 0.209. The van der Waals surface area contributed by atoms with Crippen LogP contribution in [0.15, 0.2) is 30.3 Å². The number of hydrogen-bond acceptors (Lipinski definition) is 2. The van der Waals surface area contributed by atoms with E-state index in [1.165, 1.54) is 0 Å². The Kier molecular flexibility index (Phi) is 10.3. The van der Waals surface area contributed by atoms with Crippen molar-refractivity contribution in [2.45, 2.75) is 0 Å². The average molecular weight is 218 g/mol. The lowest BCUT2D eigenvalue weighted by molar-refractivity contribution is 0.970. The first-order chi connectivity index (χ1) is 6.20. The third-order valence-corrected chi connectivity index (χ3v) is 1.05. The molecule has 0 amide bonds. The van der Waals surface area contributed by atoms with Gasteiger partial charge in [-0.25, -0.2) is 4.99 Å². The Hall–Kier alpha value is -1.49. The molecule has 5 N–H and O–H groups in total. The molecule has 0 fully saturated rings. The maximum Gasteiger partial charge on any atom is 0.198 e. The summed E-state index contributed by atoms with van der Waals surface area (Å²) in [6.45, 7) is 8.10. The molecule has 0 radical (unpaired) electrons. The fraction of sp³-hybridized carbons (Fsp3) is 0.250. The zero-order valence-electron chi connectivity index (χ0n) is 7.92. The molecular formula is C8H16ClN5. The molecule has 0 bridgehead atoms. The second-order valence-electron chi connectivity index (χ2n) is 2.19. The third-order valence-electron chi connectivity index (χ3n) is 1.05. The van der Waals surface area contributed by atoms with Crippen molar-refractivity contribution in [1.29, 1.82) is 5.41 Å². The normalized spacial score (nSPS) is 9.57. The maximum absolute atomic E-state index is 6.99. The summed E-state index contributed by atoms with van der Waals surface area (Å²) in [5.41, 5.74) is 5.14. The number of halogens is 1. The van der Waals surface area contributed by atoms with Gasteiger partial charge < -0.3 is 11.1 Å². The van der Waals surface area contributed by atoms with Crippen molar-refractivity contribution in [3.63, 3.8) is 0 Å². The van der Waals surface area contributed by atoms with Crippen molar-refractivity contribution >= 4 is 24.3 Å². The van der Waals surface area contributed by atoms with Gasteiger partial charge in [-0.15, -0.1) is 25.6 Å². The van der Waals surface area contributed by atoms with Crippen molar-refractivity contribution in [2.75, 3.05) is 13.1 Å². The number of nitrogens with one attached hydrogen (secondary N) is 3. The van der Waals surface area contributed by atoms with Gasteiger partial charge in [-0.3, -0.25) is 10.7 Å². The van der Waals surface area contributed by atoms with E-state index in [4.69, 9.17) is 11.1 Å². The monoisotopic (exact) mass is 217 g/mol. The summed E-state index contributed by atoms with van der Waals surface area (Å²) < 4.78 is 0. The van der Waals surface area contributed by atoms with E-state index in [1.54, 1.807) is 12.2 Å². The quantitative estimate of drug-likeness (QED) is 0.309. The maximum atomic E-state index is 6.99. The largest absolute Gasteiger partial charge is 0.370 e. The summed E-state index contributed by atoms with van der Waals surface area (Å²) in [6.07, 6.45) is 3.34. The molecule has 0 saturated carbocycles.